The predicted octanol–water partition coefficient (Wildman–Crippen LogP) is 5.57. The van der Waals surface area contributed by atoms with E-state index in [0.29, 0.717) is 17.6 Å². The van der Waals surface area contributed by atoms with E-state index in [4.69, 9.17) is 52.1 Å². The topological polar surface area (TPSA) is 309 Å². The average molecular weight is 1190 g/mol. The van der Waals surface area contributed by atoms with E-state index in [2.05, 4.69) is 25.2 Å². The van der Waals surface area contributed by atoms with E-state index in [0.717, 1.165) is 5.57 Å². The van der Waals surface area contributed by atoms with Gasteiger partial charge in [-0.3, -0.25) is 14.9 Å². The number of aliphatic hydroxyl groups is 5. The van der Waals surface area contributed by atoms with E-state index in [-0.39, 0.29) is 57.0 Å². The van der Waals surface area contributed by atoms with Gasteiger partial charge in [-0.25, -0.2) is 9.59 Å². The van der Waals surface area contributed by atoms with Crippen LogP contribution in [0.3, 0.4) is 0 Å². The number of ether oxygens (including phenoxy) is 11. The zero-order chi connectivity index (χ0) is 61.2. The van der Waals surface area contributed by atoms with Gasteiger partial charge in [0.1, 0.15) is 35.7 Å². The summed E-state index contributed by atoms with van der Waals surface area (Å²) < 4.78 is 68.0. The Morgan fingerprint density at radius 2 is 1.38 bits per heavy atom. The molecule has 470 valence electrons. The standard InChI is InChI=1S/C61H90N2O21/c1-27-14-17-42(80-47-25-59(10,63(72)73)54(35(9)79-47)62-58(71)75-13)28(2)19-37-20-36(26-64)31(5)24-61(37)56(69)48(57(70)84-61)55(68)60(11)39(27)16-15-38-49(60)29(3)18-30(4)51(38)82-46-23-43(50(67)32(6)76-46)81-44-22-41(66)53(34(8)78-44)83-45-21-40(65)52(74-12)33(7)77-45/h14-16,19-20,29-35,37-47,49-54,64-68H,17-18,21-26H2,1-13H3,(H,62,71). The summed E-state index contributed by atoms with van der Waals surface area (Å²) in [6.07, 6.45) is -3.57. The number of hydrogen-bond acceptors (Lipinski definition) is 21. The van der Waals surface area contributed by atoms with Crippen molar-refractivity contribution >= 4 is 17.8 Å². The Hall–Kier alpha value is -4.21. The summed E-state index contributed by atoms with van der Waals surface area (Å²) in [5, 5.41) is 72.9. The van der Waals surface area contributed by atoms with Crippen molar-refractivity contribution in [2.45, 2.75) is 237 Å². The normalized spacial score (nSPS) is 47.2. The zero-order valence-corrected chi connectivity index (χ0v) is 50.6. The first-order valence-corrected chi connectivity index (χ1v) is 30.0. The molecule has 6 N–H and O–H groups in total. The Morgan fingerprint density at radius 3 is 2.01 bits per heavy atom. The number of methoxy groups -OCH3 is 2. The number of rotatable bonds is 12. The third-order valence-electron chi connectivity index (χ3n) is 20.3. The molecular formula is C61H90N2O21. The molecule has 5 aliphatic heterocycles. The number of ketones is 1. The molecule has 2 bridgehead atoms. The fourth-order valence-electron chi connectivity index (χ4n) is 15.8. The van der Waals surface area contributed by atoms with Gasteiger partial charge < -0.3 is 83.0 Å². The van der Waals surface area contributed by atoms with Crippen molar-refractivity contribution in [3.05, 3.63) is 68.5 Å². The third kappa shape index (κ3) is 11.8. The number of allylic oxidation sites excluding steroid dienone is 3. The second-order valence-electron chi connectivity index (χ2n) is 25.9. The van der Waals surface area contributed by atoms with Crippen LogP contribution in [0, 0.1) is 57.0 Å². The van der Waals surface area contributed by atoms with Crippen LogP contribution in [0.15, 0.2) is 58.4 Å². The summed E-state index contributed by atoms with van der Waals surface area (Å²) in [7, 11) is 2.67. The second-order valence-corrected chi connectivity index (χ2v) is 25.9. The number of esters is 1. The summed E-state index contributed by atoms with van der Waals surface area (Å²) in [4.78, 5) is 55.1. The highest BCUT2D eigenvalue weighted by molar-refractivity contribution is 6.26. The number of carbonyl (C=O) groups is 3. The van der Waals surface area contributed by atoms with E-state index in [9.17, 15) is 45.2 Å². The molecule has 1 spiro atoms. The molecule has 0 aromatic rings. The Bertz CT molecular complexity index is 2600. The number of alkyl carbamates (subject to hydrolysis) is 1. The maximum atomic E-state index is 15.6. The summed E-state index contributed by atoms with van der Waals surface area (Å²) in [5.74, 6) is -5.10. The number of nitro groups is 1. The molecule has 27 unspecified atom stereocenters. The lowest BCUT2D eigenvalue weighted by Crippen LogP contribution is -2.65. The molecule has 5 saturated heterocycles. The molecule has 1 amide bonds. The molecule has 84 heavy (non-hydrogen) atoms. The van der Waals surface area contributed by atoms with Gasteiger partial charge >= 0.3 is 12.1 Å². The monoisotopic (exact) mass is 1190 g/mol. The maximum Gasteiger partial charge on any atom is 0.407 e. The van der Waals surface area contributed by atoms with Crippen LogP contribution in [0.4, 0.5) is 4.79 Å². The molecule has 9 aliphatic rings. The van der Waals surface area contributed by atoms with E-state index in [1.165, 1.54) is 21.1 Å². The van der Waals surface area contributed by atoms with Crippen molar-refractivity contribution in [3.8, 4) is 0 Å². The number of carbonyl (C=O) groups excluding carboxylic acids is 3. The Kier molecular flexibility index (Phi) is 19.2. The molecule has 5 heterocycles. The molecule has 0 radical (unpaired) electrons. The van der Waals surface area contributed by atoms with Crippen LogP contribution >= 0.6 is 0 Å². The third-order valence-corrected chi connectivity index (χ3v) is 20.3. The van der Waals surface area contributed by atoms with Crippen molar-refractivity contribution in [1.82, 2.24) is 5.32 Å². The number of amides is 1. The maximum absolute atomic E-state index is 15.6. The fourth-order valence-corrected chi connectivity index (χ4v) is 15.8. The van der Waals surface area contributed by atoms with E-state index in [1.54, 1.807) is 46.8 Å². The Morgan fingerprint density at radius 1 is 0.762 bits per heavy atom. The van der Waals surface area contributed by atoms with Crippen molar-refractivity contribution in [2.75, 3.05) is 20.8 Å². The average Bonchev–Trinajstić information content (AvgIpc) is 2.80. The smallest absolute Gasteiger partial charge is 0.407 e. The lowest BCUT2D eigenvalue weighted by Gasteiger charge is -2.56. The highest BCUT2D eigenvalue weighted by Crippen LogP contribution is 2.61. The molecule has 1 saturated carbocycles. The molecule has 0 aromatic heterocycles. The van der Waals surface area contributed by atoms with Gasteiger partial charge in [0.2, 0.25) is 11.3 Å². The molecule has 23 nitrogen and oxygen atoms in total. The first-order valence-electron chi connectivity index (χ1n) is 30.0. The highest BCUT2D eigenvalue weighted by atomic mass is 16.7. The summed E-state index contributed by atoms with van der Waals surface area (Å²) in [5.41, 5.74) is -3.37. The van der Waals surface area contributed by atoms with Crippen LogP contribution in [0.2, 0.25) is 0 Å². The first kappa shape index (κ1) is 64.3. The van der Waals surface area contributed by atoms with Crippen molar-refractivity contribution < 1.29 is 96.9 Å². The molecule has 0 aromatic carbocycles. The van der Waals surface area contributed by atoms with Crippen LogP contribution in [-0.2, 0) is 61.7 Å². The number of hydrogen-bond donors (Lipinski definition) is 6. The largest absolute Gasteiger partial charge is 0.511 e. The number of aliphatic hydroxyl groups excluding tert-OH is 5. The minimum atomic E-state index is -1.82. The van der Waals surface area contributed by atoms with Gasteiger partial charge in [0.15, 0.2) is 30.8 Å². The molecule has 27 atom stereocenters. The van der Waals surface area contributed by atoms with Gasteiger partial charge in [-0.15, -0.1) is 0 Å². The molecule has 23 heteroatoms. The van der Waals surface area contributed by atoms with Crippen LogP contribution in [0.25, 0.3) is 0 Å². The van der Waals surface area contributed by atoms with Crippen LogP contribution < -0.4 is 5.32 Å². The Balaban J connectivity index is 1.01. The van der Waals surface area contributed by atoms with Gasteiger partial charge in [-0.05, 0) is 89.2 Å². The van der Waals surface area contributed by atoms with Crippen molar-refractivity contribution in [2.24, 2.45) is 46.8 Å². The van der Waals surface area contributed by atoms with Crippen molar-refractivity contribution in [3.63, 3.8) is 0 Å². The molecule has 6 fully saturated rings. The quantitative estimate of drug-likeness (QED) is 0.0457. The number of nitrogens with zero attached hydrogens (tertiary/aromatic N) is 1. The SMILES string of the molecule is COC(=O)NC1C(C)OC(OC2CC=C(C)C3C=CC4C(OC5CC(OC6CC(O)C(OC7CC(O)C(OC)C(C)O7)C(C)O6)C(O)C(C)O5)C(C)CC(C)C4C3(C)C(O)=C3C(=O)OC4(CC(C)C(CO)=CC4C=C2C)C3=O)CC1(C)[N+](=O)[O-]. The number of fused-ring (bicyclic) bond motifs is 4. The lowest BCUT2D eigenvalue weighted by molar-refractivity contribution is -0.584. The van der Waals surface area contributed by atoms with Gasteiger partial charge in [-0.2, -0.15) is 0 Å². The first-order chi connectivity index (χ1) is 39.6. The minimum absolute atomic E-state index is 0.00457. The highest BCUT2D eigenvalue weighted by Gasteiger charge is 2.64. The lowest BCUT2D eigenvalue weighted by atomic mass is 9.49. The van der Waals surface area contributed by atoms with Crippen molar-refractivity contribution in [1.29, 1.82) is 0 Å². The fraction of sp³-hybridized carbons (Fsp3) is 0.787. The second kappa shape index (κ2) is 25.1. The summed E-state index contributed by atoms with van der Waals surface area (Å²) in [6, 6.07) is -1.08. The number of nitrogens with one attached hydrogen (secondary N) is 1. The Labute approximate surface area is 491 Å². The molecule has 4 aliphatic carbocycles. The predicted molar refractivity (Wildman–Crippen MR) is 298 cm³/mol. The summed E-state index contributed by atoms with van der Waals surface area (Å²) in [6.45, 7) is 19.6. The molecular weight excluding hydrogens is 1100 g/mol. The van der Waals surface area contributed by atoms with Gasteiger partial charge in [-0.1, -0.05) is 63.6 Å². The van der Waals surface area contributed by atoms with Gasteiger partial charge in [0, 0.05) is 67.8 Å². The minimum Gasteiger partial charge on any atom is -0.511 e. The zero-order valence-electron chi connectivity index (χ0n) is 50.6. The summed E-state index contributed by atoms with van der Waals surface area (Å²) >= 11 is 0. The molecule has 9 rings (SSSR count). The van der Waals surface area contributed by atoms with Gasteiger partial charge in [0.25, 0.3) is 0 Å². The van der Waals surface area contributed by atoms with E-state index < -0.39 is 185 Å². The number of Topliss-reactive ketones (excluding diaryl/α,β-unsaturated/α-hetero) is 1. The van der Waals surface area contributed by atoms with Crippen LogP contribution in [0.5, 0.6) is 0 Å². The van der Waals surface area contributed by atoms with E-state index in [1.807, 2.05) is 32.9 Å². The van der Waals surface area contributed by atoms with Crippen LogP contribution in [-0.4, -0.2) is 185 Å². The van der Waals surface area contributed by atoms with Gasteiger partial charge in [0.05, 0.1) is 75.1 Å². The van der Waals surface area contributed by atoms with Crippen LogP contribution in [0.1, 0.15) is 121 Å². The van der Waals surface area contributed by atoms with E-state index >= 15 is 4.79 Å².